The smallest absolute Gasteiger partial charge is 0.327 e. The van der Waals surface area contributed by atoms with Gasteiger partial charge in [0.1, 0.15) is 6.04 Å². The van der Waals surface area contributed by atoms with Crippen LogP contribution in [-0.4, -0.2) is 41.8 Å². The van der Waals surface area contributed by atoms with Crippen molar-refractivity contribution in [3.63, 3.8) is 0 Å². The zero-order valence-electron chi connectivity index (χ0n) is 17.6. The van der Waals surface area contributed by atoms with Crippen LogP contribution < -0.4 is 5.32 Å². The number of carbonyl (C=O) groups is 2. The van der Waals surface area contributed by atoms with Crippen molar-refractivity contribution in [3.8, 4) is 0 Å². The van der Waals surface area contributed by atoms with Crippen molar-refractivity contribution in [2.75, 3.05) is 13.1 Å². The number of benzene rings is 3. The molecule has 5 heteroatoms. The van der Waals surface area contributed by atoms with Gasteiger partial charge >= 0.3 is 5.97 Å². The summed E-state index contributed by atoms with van der Waals surface area (Å²) in [5, 5.41) is 3.26. The predicted octanol–water partition coefficient (Wildman–Crippen LogP) is 3.37. The summed E-state index contributed by atoms with van der Waals surface area (Å²) in [5.41, 5.74) is 1.45. The maximum Gasteiger partial charge on any atom is 0.327 e. The van der Waals surface area contributed by atoms with E-state index in [0.717, 1.165) is 16.7 Å². The molecule has 2 aliphatic rings. The van der Waals surface area contributed by atoms with E-state index in [4.69, 9.17) is 4.74 Å². The van der Waals surface area contributed by atoms with Crippen molar-refractivity contribution >= 4 is 17.8 Å². The number of fused-ring (bicyclic) bond motifs is 1. The highest BCUT2D eigenvalue weighted by Crippen LogP contribution is 2.45. The molecule has 0 spiro atoms. The number of cyclic esters (lactones) is 1. The molecule has 0 saturated carbocycles. The lowest BCUT2D eigenvalue weighted by atomic mass is 9.89. The molecule has 32 heavy (non-hydrogen) atoms. The fourth-order valence-electron chi connectivity index (χ4n) is 4.67. The zero-order valence-corrected chi connectivity index (χ0v) is 17.6. The maximum absolute atomic E-state index is 13.4. The third kappa shape index (κ3) is 3.45. The third-order valence-electron chi connectivity index (χ3n) is 6.13. The number of nitrogens with one attached hydrogen (secondary N) is 1. The van der Waals surface area contributed by atoms with Gasteiger partial charge in [-0.15, -0.1) is 0 Å². The molecular weight excluding hydrogens is 400 g/mol. The number of ketones is 1. The summed E-state index contributed by atoms with van der Waals surface area (Å²) in [6, 6.07) is 28.0. The number of piperazine rings is 1. The normalized spacial score (nSPS) is 22.4. The Morgan fingerprint density at radius 3 is 2.03 bits per heavy atom. The number of esters is 1. The van der Waals surface area contributed by atoms with Gasteiger partial charge in [0, 0.05) is 24.2 Å². The summed E-state index contributed by atoms with van der Waals surface area (Å²) in [6.07, 6.45) is 3.42. The maximum atomic E-state index is 13.4. The van der Waals surface area contributed by atoms with E-state index >= 15 is 0 Å². The molecular formula is C27H24N2O3. The molecule has 160 valence electrons. The van der Waals surface area contributed by atoms with Crippen molar-refractivity contribution in [1.29, 1.82) is 0 Å². The third-order valence-corrected chi connectivity index (χ3v) is 6.13. The topological polar surface area (TPSA) is 58.6 Å². The van der Waals surface area contributed by atoms with Crippen LogP contribution in [-0.2, 0) is 20.1 Å². The minimum Gasteiger partial charge on any atom is -0.434 e. The van der Waals surface area contributed by atoms with Crippen LogP contribution in [0.1, 0.15) is 16.7 Å². The van der Waals surface area contributed by atoms with Crippen LogP contribution in [0.3, 0.4) is 0 Å². The highest BCUT2D eigenvalue weighted by atomic mass is 16.6. The lowest BCUT2D eigenvalue weighted by Crippen LogP contribution is -2.63. The van der Waals surface area contributed by atoms with Crippen LogP contribution >= 0.6 is 0 Å². The predicted molar refractivity (Wildman–Crippen MR) is 123 cm³/mol. The number of rotatable bonds is 5. The molecule has 2 aliphatic heterocycles. The molecule has 3 aromatic carbocycles. The van der Waals surface area contributed by atoms with E-state index in [-0.39, 0.29) is 11.8 Å². The molecule has 3 aromatic rings. The minimum absolute atomic E-state index is 0.0689. The minimum atomic E-state index is -1.16. The zero-order chi connectivity index (χ0) is 22.0. The molecule has 5 rings (SSSR count). The molecule has 0 aromatic heterocycles. The summed E-state index contributed by atoms with van der Waals surface area (Å²) in [4.78, 5) is 28.5. The summed E-state index contributed by atoms with van der Waals surface area (Å²) in [7, 11) is 0. The first-order valence-corrected chi connectivity index (χ1v) is 10.8. The van der Waals surface area contributed by atoms with E-state index in [1.54, 1.807) is 6.08 Å². The van der Waals surface area contributed by atoms with Gasteiger partial charge in [0.25, 0.3) is 0 Å². The average molecular weight is 425 g/mol. The van der Waals surface area contributed by atoms with Crippen molar-refractivity contribution in [1.82, 2.24) is 10.2 Å². The fraction of sp³-hybridized carbons (Fsp3) is 0.185. The van der Waals surface area contributed by atoms with Crippen LogP contribution in [0.2, 0.25) is 0 Å². The Labute approximate surface area is 187 Å². The van der Waals surface area contributed by atoms with Crippen LogP contribution in [0.25, 0.3) is 6.08 Å². The standard InChI is InChI=1S/C27H24N2O3/c30-25(17-16-20-10-4-1-5-11-20)23-18-28-19-24-26(31)32-27(29(23)24,21-12-6-2-7-13-21)22-14-8-3-9-15-22/h1-17,23-24,28H,18-19H2. The fourth-order valence-corrected chi connectivity index (χ4v) is 4.67. The monoisotopic (exact) mass is 424 g/mol. The van der Waals surface area contributed by atoms with E-state index in [0.29, 0.717) is 13.1 Å². The second-order valence-electron chi connectivity index (χ2n) is 8.04. The first-order valence-electron chi connectivity index (χ1n) is 10.8. The van der Waals surface area contributed by atoms with E-state index in [1.807, 2.05) is 102 Å². The van der Waals surface area contributed by atoms with Crippen LogP contribution in [0.4, 0.5) is 0 Å². The lowest BCUT2D eigenvalue weighted by Gasteiger charge is -2.44. The van der Waals surface area contributed by atoms with Crippen molar-refractivity contribution in [3.05, 3.63) is 114 Å². The Balaban J connectivity index is 1.60. The van der Waals surface area contributed by atoms with Gasteiger partial charge in [0.15, 0.2) is 5.78 Å². The van der Waals surface area contributed by atoms with Crippen LogP contribution in [0.5, 0.6) is 0 Å². The van der Waals surface area contributed by atoms with Gasteiger partial charge in [-0.25, -0.2) is 4.90 Å². The Morgan fingerprint density at radius 1 is 0.875 bits per heavy atom. The Hall–Kier alpha value is -3.54. The van der Waals surface area contributed by atoms with Gasteiger partial charge in [0.05, 0.1) is 6.04 Å². The summed E-state index contributed by atoms with van der Waals surface area (Å²) >= 11 is 0. The first kappa shape index (κ1) is 20.4. The molecule has 2 fully saturated rings. The molecule has 2 atom stereocenters. The molecule has 0 aliphatic carbocycles. The van der Waals surface area contributed by atoms with E-state index < -0.39 is 17.8 Å². The summed E-state index contributed by atoms with van der Waals surface area (Å²) in [6.45, 7) is 0.874. The second kappa shape index (κ2) is 8.54. The number of ether oxygens (including phenoxy) is 1. The van der Waals surface area contributed by atoms with Gasteiger partial charge in [-0.05, 0) is 11.6 Å². The Morgan fingerprint density at radius 2 is 1.44 bits per heavy atom. The van der Waals surface area contributed by atoms with E-state index in [9.17, 15) is 9.59 Å². The molecule has 2 unspecified atom stereocenters. The second-order valence-corrected chi connectivity index (χ2v) is 8.04. The summed E-state index contributed by atoms with van der Waals surface area (Å²) < 4.78 is 6.18. The van der Waals surface area contributed by atoms with Gasteiger partial charge in [0.2, 0.25) is 5.72 Å². The molecule has 0 bridgehead atoms. The molecule has 0 amide bonds. The molecule has 1 N–H and O–H groups in total. The first-order chi connectivity index (χ1) is 15.7. The van der Waals surface area contributed by atoms with E-state index in [1.165, 1.54) is 0 Å². The molecule has 0 radical (unpaired) electrons. The number of hydrogen-bond acceptors (Lipinski definition) is 5. The van der Waals surface area contributed by atoms with Gasteiger partial charge in [-0.3, -0.25) is 9.59 Å². The van der Waals surface area contributed by atoms with Crippen LogP contribution in [0.15, 0.2) is 97.1 Å². The summed E-state index contributed by atoms with van der Waals surface area (Å²) in [5.74, 6) is -0.393. The van der Waals surface area contributed by atoms with E-state index in [2.05, 4.69) is 5.32 Å². The SMILES string of the molecule is O=C(C=Cc1ccccc1)C1CNCC2C(=O)OC(c3ccccc3)(c3ccccc3)N12. The van der Waals surface area contributed by atoms with Crippen LogP contribution in [0, 0.1) is 0 Å². The number of carbonyl (C=O) groups excluding carboxylic acids is 2. The van der Waals surface area contributed by atoms with Gasteiger partial charge in [-0.2, -0.15) is 0 Å². The average Bonchev–Trinajstić information content (AvgIpc) is 3.18. The highest BCUT2D eigenvalue weighted by Gasteiger charge is 2.60. The molecule has 2 heterocycles. The van der Waals surface area contributed by atoms with Crippen molar-refractivity contribution in [2.24, 2.45) is 0 Å². The number of nitrogens with zero attached hydrogens (tertiary/aromatic N) is 1. The Bertz CT molecular complexity index is 1090. The number of hydrogen-bond donors (Lipinski definition) is 1. The van der Waals surface area contributed by atoms with Crippen molar-refractivity contribution < 1.29 is 14.3 Å². The van der Waals surface area contributed by atoms with Crippen molar-refractivity contribution in [2.45, 2.75) is 17.8 Å². The largest absolute Gasteiger partial charge is 0.434 e. The van der Waals surface area contributed by atoms with Gasteiger partial charge < -0.3 is 10.1 Å². The lowest BCUT2D eigenvalue weighted by molar-refractivity contribution is -0.152. The molecule has 2 saturated heterocycles. The Kier molecular flexibility index (Phi) is 5.43. The van der Waals surface area contributed by atoms with Gasteiger partial charge in [-0.1, -0.05) is 97.1 Å². The highest BCUT2D eigenvalue weighted by molar-refractivity contribution is 5.99. The quantitative estimate of drug-likeness (QED) is 0.503. The molecule has 5 nitrogen and oxygen atoms in total.